The van der Waals surface area contributed by atoms with Gasteiger partial charge in [0.15, 0.2) is 6.10 Å². The Morgan fingerprint density at radius 2 is 1.87 bits per heavy atom. The van der Waals surface area contributed by atoms with Crippen molar-refractivity contribution < 1.29 is 13.9 Å². The highest BCUT2D eigenvalue weighted by molar-refractivity contribution is 9.10. The van der Waals surface area contributed by atoms with Crippen molar-refractivity contribution in [2.75, 3.05) is 5.32 Å². The van der Waals surface area contributed by atoms with Crippen molar-refractivity contribution in [3.8, 4) is 5.75 Å². The molecule has 0 saturated heterocycles. The van der Waals surface area contributed by atoms with Gasteiger partial charge in [0.1, 0.15) is 11.6 Å². The molecule has 1 N–H and O–H groups in total. The summed E-state index contributed by atoms with van der Waals surface area (Å²) in [6.45, 7) is 5.76. The van der Waals surface area contributed by atoms with Crippen molar-refractivity contribution in [3.63, 3.8) is 0 Å². The number of nitrogens with one attached hydrogen (secondary N) is 1. The molecule has 0 unspecified atom stereocenters. The topological polar surface area (TPSA) is 38.3 Å². The normalized spacial score (nSPS) is 12.1. The lowest BCUT2D eigenvalue weighted by Gasteiger charge is -2.18. The van der Waals surface area contributed by atoms with Crippen LogP contribution in [0.25, 0.3) is 0 Å². The Hall–Kier alpha value is -1.88. The Morgan fingerprint density at radius 3 is 2.52 bits per heavy atom. The van der Waals surface area contributed by atoms with E-state index in [4.69, 9.17) is 4.74 Å². The van der Waals surface area contributed by atoms with Gasteiger partial charge in [0, 0.05) is 4.47 Å². The second kappa shape index (κ2) is 7.59. The first-order chi connectivity index (χ1) is 10.9. The number of rotatable bonds is 5. The standard InChI is InChI=1S/C18H19BrFNO2/c1-11(2)14-6-4-5-7-17(14)23-12(3)18(22)21-16-9-8-13(19)10-15(16)20/h4-12H,1-3H3,(H,21,22)/t12-/m1/s1. The van der Waals surface area contributed by atoms with E-state index in [1.807, 2.05) is 24.3 Å². The molecule has 122 valence electrons. The second-order valence-electron chi connectivity index (χ2n) is 5.57. The van der Waals surface area contributed by atoms with Crippen LogP contribution in [0.5, 0.6) is 5.75 Å². The summed E-state index contributed by atoms with van der Waals surface area (Å²) in [5.41, 5.74) is 1.16. The lowest BCUT2D eigenvalue weighted by Crippen LogP contribution is -2.30. The van der Waals surface area contributed by atoms with Crippen LogP contribution in [0.4, 0.5) is 10.1 Å². The predicted octanol–water partition coefficient (Wildman–Crippen LogP) is 5.12. The van der Waals surface area contributed by atoms with Crippen molar-refractivity contribution in [1.82, 2.24) is 0 Å². The zero-order valence-electron chi connectivity index (χ0n) is 13.3. The second-order valence-corrected chi connectivity index (χ2v) is 6.48. The molecule has 3 nitrogen and oxygen atoms in total. The molecule has 0 bridgehead atoms. The molecule has 0 aliphatic rings. The number of carbonyl (C=O) groups excluding carboxylic acids is 1. The highest BCUT2D eigenvalue weighted by atomic mass is 79.9. The summed E-state index contributed by atoms with van der Waals surface area (Å²) in [7, 11) is 0. The summed E-state index contributed by atoms with van der Waals surface area (Å²) in [6, 6.07) is 12.1. The molecular formula is C18H19BrFNO2. The van der Waals surface area contributed by atoms with E-state index in [1.54, 1.807) is 13.0 Å². The Balaban J connectivity index is 2.09. The highest BCUT2D eigenvalue weighted by Gasteiger charge is 2.18. The number of carbonyl (C=O) groups is 1. The van der Waals surface area contributed by atoms with Crippen molar-refractivity contribution in [2.45, 2.75) is 32.8 Å². The largest absolute Gasteiger partial charge is 0.481 e. The summed E-state index contributed by atoms with van der Waals surface area (Å²) in [6.07, 6.45) is -0.738. The van der Waals surface area contributed by atoms with Crippen LogP contribution in [-0.4, -0.2) is 12.0 Å². The minimum atomic E-state index is -0.738. The highest BCUT2D eigenvalue weighted by Crippen LogP contribution is 2.27. The van der Waals surface area contributed by atoms with E-state index in [2.05, 4.69) is 35.1 Å². The van der Waals surface area contributed by atoms with Crippen LogP contribution in [0.2, 0.25) is 0 Å². The number of amides is 1. The number of benzene rings is 2. The van der Waals surface area contributed by atoms with E-state index in [1.165, 1.54) is 12.1 Å². The van der Waals surface area contributed by atoms with Crippen LogP contribution in [0.15, 0.2) is 46.9 Å². The van der Waals surface area contributed by atoms with E-state index in [0.29, 0.717) is 10.2 Å². The summed E-state index contributed by atoms with van der Waals surface area (Å²) >= 11 is 3.18. The molecular weight excluding hydrogens is 361 g/mol. The van der Waals surface area contributed by atoms with E-state index in [0.717, 1.165) is 5.56 Å². The van der Waals surface area contributed by atoms with Gasteiger partial charge in [-0.3, -0.25) is 4.79 Å². The van der Waals surface area contributed by atoms with E-state index in [-0.39, 0.29) is 11.6 Å². The number of anilines is 1. The van der Waals surface area contributed by atoms with Crippen LogP contribution in [-0.2, 0) is 4.79 Å². The van der Waals surface area contributed by atoms with Crippen molar-refractivity contribution in [2.24, 2.45) is 0 Å². The van der Waals surface area contributed by atoms with Gasteiger partial charge in [-0.1, -0.05) is 48.0 Å². The average Bonchev–Trinajstić information content (AvgIpc) is 2.50. The number of hydrogen-bond donors (Lipinski definition) is 1. The van der Waals surface area contributed by atoms with Gasteiger partial charge in [-0.25, -0.2) is 4.39 Å². The molecule has 0 saturated carbocycles. The molecule has 2 rings (SSSR count). The number of hydrogen-bond acceptors (Lipinski definition) is 2. The monoisotopic (exact) mass is 379 g/mol. The van der Waals surface area contributed by atoms with E-state index in [9.17, 15) is 9.18 Å². The fraction of sp³-hybridized carbons (Fsp3) is 0.278. The third kappa shape index (κ3) is 4.55. The van der Waals surface area contributed by atoms with Crippen LogP contribution in [0.1, 0.15) is 32.3 Å². The fourth-order valence-electron chi connectivity index (χ4n) is 2.13. The minimum Gasteiger partial charge on any atom is -0.481 e. The van der Waals surface area contributed by atoms with Gasteiger partial charge in [0.25, 0.3) is 5.91 Å². The molecule has 2 aromatic rings. The third-order valence-corrected chi connectivity index (χ3v) is 3.90. The molecule has 0 aromatic heterocycles. The molecule has 23 heavy (non-hydrogen) atoms. The first kappa shape index (κ1) is 17.5. The number of ether oxygens (including phenoxy) is 1. The Kier molecular flexibility index (Phi) is 5.77. The maximum atomic E-state index is 13.8. The lowest BCUT2D eigenvalue weighted by atomic mass is 10.0. The average molecular weight is 380 g/mol. The van der Waals surface area contributed by atoms with Crippen LogP contribution in [0.3, 0.4) is 0 Å². The SMILES string of the molecule is CC(C)c1ccccc1O[C@H](C)C(=O)Nc1ccc(Br)cc1F. The van der Waals surface area contributed by atoms with Crippen LogP contribution < -0.4 is 10.1 Å². The molecule has 0 aliphatic carbocycles. The number of halogens is 2. The Labute approximate surface area is 144 Å². The molecule has 0 heterocycles. The van der Waals surface area contributed by atoms with E-state index >= 15 is 0 Å². The minimum absolute atomic E-state index is 0.130. The molecule has 0 fully saturated rings. The predicted molar refractivity (Wildman–Crippen MR) is 93.4 cm³/mol. The first-order valence-corrected chi connectivity index (χ1v) is 8.19. The summed E-state index contributed by atoms with van der Waals surface area (Å²) in [5.74, 6) is 0.0547. The molecule has 1 amide bonds. The van der Waals surface area contributed by atoms with Crippen molar-refractivity contribution in [3.05, 3.63) is 58.3 Å². The molecule has 5 heteroatoms. The Bertz CT molecular complexity index is 703. The van der Waals surface area contributed by atoms with Gasteiger partial charge in [0.2, 0.25) is 0 Å². The molecule has 1 atom stereocenters. The fourth-order valence-corrected chi connectivity index (χ4v) is 2.47. The van der Waals surface area contributed by atoms with Crippen LogP contribution in [0, 0.1) is 5.82 Å². The summed E-state index contributed by atoms with van der Waals surface area (Å²) < 4.78 is 20.2. The first-order valence-electron chi connectivity index (χ1n) is 7.40. The van der Waals surface area contributed by atoms with Gasteiger partial charge in [-0.15, -0.1) is 0 Å². The van der Waals surface area contributed by atoms with Crippen molar-refractivity contribution in [1.29, 1.82) is 0 Å². The lowest BCUT2D eigenvalue weighted by molar-refractivity contribution is -0.122. The summed E-state index contributed by atoms with van der Waals surface area (Å²) in [4.78, 5) is 12.2. The van der Waals surface area contributed by atoms with Crippen LogP contribution >= 0.6 is 15.9 Å². The molecule has 0 radical (unpaired) electrons. The molecule has 0 aliphatic heterocycles. The Morgan fingerprint density at radius 1 is 1.17 bits per heavy atom. The smallest absolute Gasteiger partial charge is 0.265 e. The third-order valence-electron chi connectivity index (χ3n) is 3.40. The van der Waals surface area contributed by atoms with E-state index < -0.39 is 17.8 Å². The van der Waals surface area contributed by atoms with Gasteiger partial charge in [0.05, 0.1) is 5.69 Å². The molecule has 0 spiro atoms. The van der Waals surface area contributed by atoms with Gasteiger partial charge in [-0.2, -0.15) is 0 Å². The summed E-state index contributed by atoms with van der Waals surface area (Å²) in [5, 5.41) is 2.55. The number of para-hydroxylation sites is 1. The van der Waals surface area contributed by atoms with Gasteiger partial charge < -0.3 is 10.1 Å². The van der Waals surface area contributed by atoms with Crippen molar-refractivity contribution >= 4 is 27.5 Å². The molecule has 2 aromatic carbocycles. The quantitative estimate of drug-likeness (QED) is 0.782. The van der Waals surface area contributed by atoms with Gasteiger partial charge >= 0.3 is 0 Å². The maximum absolute atomic E-state index is 13.8. The zero-order chi connectivity index (χ0) is 17.0. The zero-order valence-corrected chi connectivity index (χ0v) is 14.9. The maximum Gasteiger partial charge on any atom is 0.265 e. The van der Waals surface area contributed by atoms with Gasteiger partial charge in [-0.05, 0) is 42.7 Å².